The number of amides is 2. The maximum Gasteiger partial charge on any atom is 0.322 e. The van der Waals surface area contributed by atoms with Crippen LogP contribution in [0.1, 0.15) is 27.2 Å². The van der Waals surface area contributed by atoms with Crippen LogP contribution >= 0.6 is 0 Å². The van der Waals surface area contributed by atoms with Gasteiger partial charge in [0.25, 0.3) is 0 Å². The molecule has 1 heterocycles. The van der Waals surface area contributed by atoms with Gasteiger partial charge in [0.15, 0.2) is 0 Å². The van der Waals surface area contributed by atoms with E-state index in [4.69, 9.17) is 4.74 Å². The van der Waals surface area contributed by atoms with Gasteiger partial charge in [-0.15, -0.1) is 0 Å². The highest BCUT2D eigenvalue weighted by molar-refractivity contribution is 5.76. The molecule has 1 rings (SSSR count). The Kier molecular flexibility index (Phi) is 4.37. The predicted molar refractivity (Wildman–Crippen MR) is 62.8 cm³/mol. The number of hydrogen-bond acceptors (Lipinski definition) is 4. The van der Waals surface area contributed by atoms with E-state index in [2.05, 4.69) is 10.6 Å². The molecule has 6 nitrogen and oxygen atoms in total. The molecule has 6 heteroatoms. The Morgan fingerprint density at radius 1 is 1.47 bits per heavy atom. The average molecular weight is 241 g/mol. The van der Waals surface area contributed by atoms with Crippen LogP contribution in [-0.2, 0) is 9.53 Å². The first-order valence-corrected chi connectivity index (χ1v) is 5.55. The average Bonchev–Trinajstić information content (AvgIpc) is 2.66. The molecule has 2 amide bonds. The molecule has 96 valence electrons. The Morgan fingerprint density at radius 3 is 2.71 bits per heavy atom. The first kappa shape index (κ1) is 13.3. The Bertz CT molecular complexity index is 320. The molecule has 0 unspecified atom stereocenters. The van der Waals surface area contributed by atoms with Crippen LogP contribution in [0.5, 0.6) is 0 Å². The number of carbonyl (C=O) groups excluding carboxylic acids is 2. The highest BCUT2D eigenvalue weighted by Crippen LogP contribution is 2.07. The van der Waals surface area contributed by atoms with Gasteiger partial charge in [0.1, 0.15) is 5.60 Å². The zero-order valence-corrected chi connectivity index (χ0v) is 10.4. The van der Waals surface area contributed by atoms with Crippen molar-refractivity contribution in [3.63, 3.8) is 0 Å². The summed E-state index contributed by atoms with van der Waals surface area (Å²) in [6, 6.07) is -0.227. The molecule has 2 N–H and O–H groups in total. The summed E-state index contributed by atoms with van der Waals surface area (Å²) in [6.45, 7) is 6.16. The molecule has 1 aliphatic rings. The summed E-state index contributed by atoms with van der Waals surface area (Å²) in [7, 11) is 0. The van der Waals surface area contributed by atoms with E-state index in [1.165, 1.54) is 4.90 Å². The maximum absolute atomic E-state index is 11.5. The first-order chi connectivity index (χ1) is 7.88. The molecule has 0 spiro atoms. The SMILES string of the molecule is CC(C)(C)OC(=O)CCNC(=O)N1C=CNC1. The number of urea groups is 1. The topological polar surface area (TPSA) is 70.7 Å². The monoisotopic (exact) mass is 241 g/mol. The fourth-order valence-electron chi connectivity index (χ4n) is 1.25. The minimum Gasteiger partial charge on any atom is -0.460 e. The zero-order chi connectivity index (χ0) is 12.9. The van der Waals surface area contributed by atoms with Crippen molar-refractivity contribution in [1.29, 1.82) is 0 Å². The summed E-state index contributed by atoms with van der Waals surface area (Å²) in [4.78, 5) is 24.3. The zero-order valence-electron chi connectivity index (χ0n) is 10.4. The largest absolute Gasteiger partial charge is 0.460 e. The highest BCUT2D eigenvalue weighted by Gasteiger charge is 2.17. The minimum absolute atomic E-state index is 0.175. The molecule has 0 radical (unpaired) electrons. The summed E-state index contributed by atoms with van der Waals surface area (Å²) in [5.41, 5.74) is -0.483. The first-order valence-electron chi connectivity index (χ1n) is 5.55. The number of ether oxygens (including phenoxy) is 1. The van der Waals surface area contributed by atoms with E-state index in [1.807, 2.05) is 20.8 Å². The molecule has 0 fully saturated rings. The van der Waals surface area contributed by atoms with Crippen molar-refractivity contribution in [3.05, 3.63) is 12.4 Å². The second-order valence-electron chi connectivity index (χ2n) is 4.72. The van der Waals surface area contributed by atoms with E-state index < -0.39 is 5.60 Å². The molecule has 0 saturated heterocycles. The van der Waals surface area contributed by atoms with Crippen molar-refractivity contribution >= 4 is 12.0 Å². The van der Waals surface area contributed by atoms with Crippen molar-refractivity contribution in [3.8, 4) is 0 Å². The maximum atomic E-state index is 11.5. The lowest BCUT2D eigenvalue weighted by Gasteiger charge is -2.19. The van der Waals surface area contributed by atoms with Gasteiger partial charge in [0.2, 0.25) is 0 Å². The van der Waals surface area contributed by atoms with Crippen molar-refractivity contribution in [1.82, 2.24) is 15.5 Å². The normalized spacial score (nSPS) is 14.4. The van der Waals surface area contributed by atoms with E-state index in [0.29, 0.717) is 6.67 Å². The third kappa shape index (κ3) is 5.24. The molecule has 0 aromatic carbocycles. The Labute approximate surface area is 101 Å². The molecule has 0 aliphatic carbocycles. The van der Waals surface area contributed by atoms with Gasteiger partial charge in [-0.1, -0.05) is 0 Å². The Balaban J connectivity index is 2.17. The molecule has 0 bridgehead atoms. The van der Waals surface area contributed by atoms with Gasteiger partial charge in [-0.2, -0.15) is 0 Å². The number of nitrogens with zero attached hydrogens (tertiary/aromatic N) is 1. The summed E-state index contributed by atoms with van der Waals surface area (Å²) in [5.74, 6) is -0.312. The van der Waals surface area contributed by atoms with E-state index in [0.717, 1.165) is 0 Å². The Hall–Kier alpha value is -1.72. The van der Waals surface area contributed by atoms with Crippen LogP contribution < -0.4 is 10.6 Å². The van der Waals surface area contributed by atoms with E-state index in [1.54, 1.807) is 12.4 Å². The van der Waals surface area contributed by atoms with E-state index in [9.17, 15) is 9.59 Å². The van der Waals surface area contributed by atoms with Gasteiger partial charge >= 0.3 is 12.0 Å². The van der Waals surface area contributed by atoms with Gasteiger partial charge in [-0.05, 0) is 20.8 Å². The Morgan fingerprint density at radius 2 is 2.18 bits per heavy atom. The summed E-state index contributed by atoms with van der Waals surface area (Å²) in [5, 5.41) is 5.51. The molecule has 1 aliphatic heterocycles. The van der Waals surface area contributed by atoms with Crippen LogP contribution in [0.2, 0.25) is 0 Å². The molecular weight excluding hydrogens is 222 g/mol. The second kappa shape index (κ2) is 5.56. The summed E-state index contributed by atoms with van der Waals surface area (Å²) < 4.78 is 5.11. The number of esters is 1. The van der Waals surface area contributed by atoms with Gasteiger partial charge in [0.05, 0.1) is 13.1 Å². The standard InChI is InChI=1S/C11H19N3O3/c1-11(2,3)17-9(15)4-5-13-10(16)14-7-6-12-8-14/h6-7,12H,4-5,8H2,1-3H3,(H,13,16). The van der Waals surface area contributed by atoms with Gasteiger partial charge in [0, 0.05) is 18.9 Å². The van der Waals surface area contributed by atoms with Crippen LogP contribution in [0.15, 0.2) is 12.4 Å². The molecule has 0 atom stereocenters. The molecule has 0 aromatic heterocycles. The van der Waals surface area contributed by atoms with Crippen LogP contribution in [0.4, 0.5) is 4.79 Å². The van der Waals surface area contributed by atoms with Gasteiger partial charge in [-0.3, -0.25) is 9.69 Å². The van der Waals surface area contributed by atoms with Crippen molar-refractivity contribution in [2.45, 2.75) is 32.8 Å². The minimum atomic E-state index is -0.483. The quantitative estimate of drug-likeness (QED) is 0.716. The number of nitrogens with one attached hydrogen (secondary N) is 2. The summed E-state index contributed by atoms with van der Waals surface area (Å²) in [6.07, 6.45) is 3.50. The van der Waals surface area contributed by atoms with Crippen LogP contribution in [0, 0.1) is 0 Å². The van der Waals surface area contributed by atoms with Gasteiger partial charge < -0.3 is 15.4 Å². The molecule has 0 aromatic rings. The van der Waals surface area contributed by atoms with Crippen LogP contribution in [-0.4, -0.2) is 35.7 Å². The van der Waals surface area contributed by atoms with Crippen molar-refractivity contribution < 1.29 is 14.3 Å². The smallest absolute Gasteiger partial charge is 0.322 e. The fraction of sp³-hybridized carbons (Fsp3) is 0.636. The molecule has 0 saturated carbocycles. The van der Waals surface area contributed by atoms with E-state index >= 15 is 0 Å². The number of hydrogen-bond donors (Lipinski definition) is 2. The highest BCUT2D eigenvalue weighted by atomic mass is 16.6. The fourth-order valence-corrected chi connectivity index (χ4v) is 1.25. The van der Waals surface area contributed by atoms with Crippen molar-refractivity contribution in [2.24, 2.45) is 0 Å². The second-order valence-corrected chi connectivity index (χ2v) is 4.72. The number of rotatable bonds is 3. The molecule has 17 heavy (non-hydrogen) atoms. The summed E-state index contributed by atoms with van der Waals surface area (Å²) >= 11 is 0. The van der Waals surface area contributed by atoms with E-state index in [-0.39, 0.29) is 25.0 Å². The van der Waals surface area contributed by atoms with Crippen LogP contribution in [0.25, 0.3) is 0 Å². The molecular formula is C11H19N3O3. The lowest BCUT2D eigenvalue weighted by molar-refractivity contribution is -0.154. The third-order valence-corrected chi connectivity index (χ3v) is 1.92. The lowest BCUT2D eigenvalue weighted by Crippen LogP contribution is -2.38. The van der Waals surface area contributed by atoms with Crippen LogP contribution in [0.3, 0.4) is 0 Å². The van der Waals surface area contributed by atoms with Crippen molar-refractivity contribution in [2.75, 3.05) is 13.2 Å². The lowest BCUT2D eigenvalue weighted by atomic mass is 10.2. The number of carbonyl (C=O) groups is 2. The third-order valence-electron chi connectivity index (χ3n) is 1.92. The van der Waals surface area contributed by atoms with Gasteiger partial charge in [-0.25, -0.2) is 4.79 Å². The predicted octanol–water partition coefficient (Wildman–Crippen LogP) is 0.762.